The highest BCUT2D eigenvalue weighted by molar-refractivity contribution is 6.05. The van der Waals surface area contributed by atoms with E-state index in [1.807, 2.05) is 0 Å². The highest BCUT2D eigenvalue weighted by Crippen LogP contribution is 2.21. The molecule has 0 saturated carbocycles. The second-order valence-corrected chi connectivity index (χ2v) is 4.27. The van der Waals surface area contributed by atoms with Gasteiger partial charge in [0.2, 0.25) is 0 Å². The molecule has 1 aromatic carbocycles. The van der Waals surface area contributed by atoms with Gasteiger partial charge in [0.25, 0.3) is 0 Å². The largest absolute Gasteiger partial charge is 0.494 e. The lowest BCUT2D eigenvalue weighted by atomic mass is 10.1. The molecule has 0 atom stereocenters. The van der Waals surface area contributed by atoms with Crippen LogP contribution in [0.3, 0.4) is 0 Å². The predicted molar refractivity (Wildman–Crippen MR) is 68.2 cm³/mol. The number of benzene rings is 1. The Bertz CT molecular complexity index is 480. The predicted octanol–water partition coefficient (Wildman–Crippen LogP) is 3.15. The highest BCUT2D eigenvalue weighted by Gasteiger charge is 2.26. The zero-order valence-electron chi connectivity index (χ0n) is 11.4. The van der Waals surface area contributed by atoms with Crippen LogP contribution in [-0.4, -0.2) is 31.6 Å². The van der Waals surface area contributed by atoms with Crippen molar-refractivity contribution in [1.82, 2.24) is 0 Å². The fourth-order valence-electron chi connectivity index (χ4n) is 1.51. The molecule has 0 spiro atoms. The number of carbonyl (C=O) groups is 2. The van der Waals surface area contributed by atoms with Crippen LogP contribution in [0.1, 0.15) is 29.6 Å². The molecule has 0 aliphatic carbocycles. The van der Waals surface area contributed by atoms with Gasteiger partial charge in [0.05, 0.1) is 13.7 Å². The molecule has 0 aliphatic heterocycles. The van der Waals surface area contributed by atoms with Gasteiger partial charge in [0.1, 0.15) is 12.2 Å². The van der Waals surface area contributed by atoms with Crippen LogP contribution in [0.5, 0.6) is 5.75 Å². The van der Waals surface area contributed by atoms with Gasteiger partial charge in [-0.05, 0) is 30.7 Å². The Kier molecular flexibility index (Phi) is 6.20. The van der Waals surface area contributed by atoms with Crippen molar-refractivity contribution >= 4 is 11.8 Å². The number of ketones is 1. The van der Waals surface area contributed by atoms with Crippen LogP contribution in [0.4, 0.5) is 13.2 Å². The summed E-state index contributed by atoms with van der Waals surface area (Å²) in [5.41, 5.74) is 0.308. The van der Waals surface area contributed by atoms with Crippen molar-refractivity contribution in [3.8, 4) is 5.75 Å². The summed E-state index contributed by atoms with van der Waals surface area (Å²) in [6.07, 6.45) is -5.58. The number of alkyl halides is 3. The van der Waals surface area contributed by atoms with Gasteiger partial charge in [-0.3, -0.25) is 9.59 Å². The molecule has 0 heterocycles. The average Bonchev–Trinajstić information content (AvgIpc) is 2.43. The van der Waals surface area contributed by atoms with Crippen LogP contribution < -0.4 is 4.74 Å². The summed E-state index contributed by atoms with van der Waals surface area (Å²) < 4.78 is 45.3. The van der Waals surface area contributed by atoms with Gasteiger partial charge >= 0.3 is 12.1 Å². The molecule has 1 aromatic rings. The van der Waals surface area contributed by atoms with Gasteiger partial charge in [-0.25, -0.2) is 0 Å². The molecule has 0 radical (unpaired) electrons. The monoisotopic (exact) mass is 304 g/mol. The van der Waals surface area contributed by atoms with E-state index >= 15 is 0 Å². The van der Waals surface area contributed by atoms with Gasteiger partial charge in [-0.15, -0.1) is 0 Å². The Morgan fingerprint density at radius 1 is 1.14 bits per heavy atom. The minimum Gasteiger partial charge on any atom is -0.494 e. The topological polar surface area (TPSA) is 52.6 Å². The smallest absolute Gasteiger partial charge is 0.389 e. The number of methoxy groups -OCH3 is 1. The molecule has 7 heteroatoms. The van der Waals surface area contributed by atoms with Crippen LogP contribution in [0.15, 0.2) is 24.3 Å². The van der Waals surface area contributed by atoms with Gasteiger partial charge in [-0.1, -0.05) is 0 Å². The zero-order valence-corrected chi connectivity index (χ0v) is 11.4. The maximum absolute atomic E-state index is 11.9. The van der Waals surface area contributed by atoms with Crippen LogP contribution in [0.2, 0.25) is 0 Å². The Morgan fingerprint density at radius 3 is 2.29 bits per heavy atom. The first-order chi connectivity index (χ1) is 9.81. The minimum absolute atomic E-state index is 0.0606. The Balaban J connectivity index is 2.43. The third-order valence-electron chi connectivity index (χ3n) is 2.58. The van der Waals surface area contributed by atoms with Gasteiger partial charge in [-0.2, -0.15) is 13.2 Å². The van der Waals surface area contributed by atoms with Crippen LogP contribution in [0, 0.1) is 0 Å². The van der Waals surface area contributed by atoms with Gasteiger partial charge in [0, 0.05) is 12.0 Å². The van der Waals surface area contributed by atoms with E-state index in [1.165, 1.54) is 31.4 Å². The molecule has 116 valence electrons. The Morgan fingerprint density at radius 2 is 1.76 bits per heavy atom. The molecule has 0 saturated heterocycles. The molecule has 0 fully saturated rings. The Hall–Kier alpha value is -2.05. The fourth-order valence-corrected chi connectivity index (χ4v) is 1.51. The first-order valence-corrected chi connectivity index (χ1v) is 6.21. The van der Waals surface area contributed by atoms with Crippen LogP contribution >= 0.6 is 0 Å². The van der Waals surface area contributed by atoms with E-state index in [2.05, 4.69) is 4.74 Å². The van der Waals surface area contributed by atoms with E-state index < -0.39 is 24.3 Å². The van der Waals surface area contributed by atoms with E-state index in [-0.39, 0.29) is 19.4 Å². The number of carbonyl (C=O) groups excluding carboxylic acids is 2. The normalized spacial score (nSPS) is 11.0. The van der Waals surface area contributed by atoms with Crippen molar-refractivity contribution in [1.29, 1.82) is 0 Å². The first kappa shape index (κ1) is 17.0. The van der Waals surface area contributed by atoms with Crippen LogP contribution in [-0.2, 0) is 9.53 Å². The van der Waals surface area contributed by atoms with E-state index in [0.29, 0.717) is 11.3 Å². The van der Waals surface area contributed by atoms with E-state index in [0.717, 1.165) is 0 Å². The molecular formula is C14H15F3O4. The first-order valence-electron chi connectivity index (χ1n) is 6.21. The molecular weight excluding hydrogens is 289 g/mol. The lowest BCUT2D eigenvalue weighted by Gasteiger charge is -2.08. The SMILES string of the molecule is COC(=O)CC(=O)c1ccc(OCCCC(F)(F)F)cc1. The molecule has 0 aliphatic rings. The highest BCUT2D eigenvalue weighted by atomic mass is 19.4. The zero-order chi connectivity index (χ0) is 15.9. The maximum atomic E-state index is 11.9. The second-order valence-electron chi connectivity index (χ2n) is 4.27. The fraction of sp³-hybridized carbons (Fsp3) is 0.429. The van der Waals surface area contributed by atoms with Crippen molar-refractivity contribution < 1.29 is 32.2 Å². The molecule has 0 bridgehead atoms. The van der Waals surface area contributed by atoms with E-state index in [9.17, 15) is 22.8 Å². The summed E-state index contributed by atoms with van der Waals surface area (Å²) in [7, 11) is 1.19. The summed E-state index contributed by atoms with van der Waals surface area (Å²) in [6, 6.07) is 5.84. The number of ether oxygens (including phenoxy) is 2. The molecule has 4 nitrogen and oxygen atoms in total. The molecule has 0 amide bonds. The van der Waals surface area contributed by atoms with Crippen molar-refractivity contribution in [3.63, 3.8) is 0 Å². The summed E-state index contributed by atoms with van der Waals surface area (Å²) in [5.74, 6) is -0.662. The maximum Gasteiger partial charge on any atom is 0.389 e. The number of hydrogen-bond donors (Lipinski definition) is 0. The average molecular weight is 304 g/mol. The lowest BCUT2D eigenvalue weighted by molar-refractivity contribution is -0.139. The number of halogens is 3. The lowest BCUT2D eigenvalue weighted by Crippen LogP contribution is -2.10. The van der Waals surface area contributed by atoms with E-state index in [4.69, 9.17) is 4.74 Å². The second kappa shape index (κ2) is 7.66. The molecule has 0 aromatic heterocycles. The number of Topliss-reactive ketones (excluding diaryl/α,β-unsaturated/α-hetero) is 1. The third-order valence-corrected chi connectivity index (χ3v) is 2.58. The molecule has 0 N–H and O–H groups in total. The van der Waals surface area contributed by atoms with Crippen molar-refractivity contribution in [2.75, 3.05) is 13.7 Å². The summed E-state index contributed by atoms with van der Waals surface area (Å²) in [6.45, 7) is -0.0606. The quantitative estimate of drug-likeness (QED) is 0.336. The third kappa shape index (κ3) is 6.78. The van der Waals surface area contributed by atoms with Crippen LogP contribution in [0.25, 0.3) is 0 Å². The van der Waals surface area contributed by atoms with Gasteiger partial charge < -0.3 is 9.47 Å². The van der Waals surface area contributed by atoms with E-state index in [1.54, 1.807) is 0 Å². The van der Waals surface area contributed by atoms with Gasteiger partial charge in [0.15, 0.2) is 5.78 Å². The van der Waals surface area contributed by atoms with Crippen molar-refractivity contribution in [2.24, 2.45) is 0 Å². The van der Waals surface area contributed by atoms with Crippen molar-refractivity contribution in [2.45, 2.75) is 25.4 Å². The minimum atomic E-state index is -4.19. The molecule has 0 unspecified atom stereocenters. The Labute approximate surface area is 119 Å². The molecule has 1 rings (SSSR count). The summed E-state index contributed by atoms with van der Waals surface area (Å²) in [5, 5.41) is 0. The summed E-state index contributed by atoms with van der Waals surface area (Å²) >= 11 is 0. The van der Waals surface area contributed by atoms with Crippen molar-refractivity contribution in [3.05, 3.63) is 29.8 Å². The standard InChI is InChI=1S/C14H15F3O4/c1-20-13(19)9-12(18)10-3-5-11(6-4-10)21-8-2-7-14(15,16)17/h3-6H,2,7-9H2,1H3. The summed E-state index contributed by atoms with van der Waals surface area (Å²) in [4.78, 5) is 22.6. The molecule has 21 heavy (non-hydrogen) atoms. The number of esters is 1. The number of rotatable bonds is 7. The number of hydrogen-bond acceptors (Lipinski definition) is 4.